The van der Waals surface area contributed by atoms with Gasteiger partial charge in [-0.25, -0.2) is 9.78 Å². The third kappa shape index (κ3) is 4.04. The van der Waals surface area contributed by atoms with Crippen LogP contribution in [0.15, 0.2) is 28.1 Å². The predicted octanol–water partition coefficient (Wildman–Crippen LogP) is 4.03. The third-order valence-corrected chi connectivity index (χ3v) is 4.34. The Balaban J connectivity index is 2.09. The molecule has 0 saturated carbocycles. The van der Waals surface area contributed by atoms with Gasteiger partial charge < -0.3 is 9.64 Å². The Morgan fingerprint density at radius 3 is 2.90 bits per heavy atom. The lowest BCUT2D eigenvalue weighted by atomic mass is 10.2. The fourth-order valence-corrected chi connectivity index (χ4v) is 3.22. The van der Waals surface area contributed by atoms with Crippen LogP contribution in [-0.4, -0.2) is 24.6 Å². The maximum Gasteiger partial charge on any atom is 0.367 e. The number of aryl methyl sites for hydroxylation is 1. The van der Waals surface area contributed by atoms with Crippen LogP contribution in [-0.2, 0) is 11.3 Å². The molecule has 0 N–H and O–H groups in total. The van der Waals surface area contributed by atoms with E-state index in [1.807, 2.05) is 18.5 Å². The molecule has 112 valence electrons. The van der Waals surface area contributed by atoms with Gasteiger partial charge >= 0.3 is 5.97 Å². The lowest BCUT2D eigenvalue weighted by Gasteiger charge is -2.20. The number of hydrogen-bond donors (Lipinski definition) is 0. The zero-order chi connectivity index (χ0) is 15.4. The standard InChI is InChI=1S/C15H17BrN2O2S/c1-4-20-15(19)14-17-12(9-21-14)8-18(3)13-6-5-11(16)7-10(13)2/h5-7,9H,4,8H2,1-3H3. The first-order valence-corrected chi connectivity index (χ1v) is 8.27. The molecular weight excluding hydrogens is 352 g/mol. The van der Waals surface area contributed by atoms with Crippen LogP contribution in [0.4, 0.5) is 5.69 Å². The molecule has 0 fully saturated rings. The van der Waals surface area contributed by atoms with Crippen LogP contribution in [0.25, 0.3) is 0 Å². The molecule has 2 rings (SSSR count). The van der Waals surface area contributed by atoms with Crippen molar-refractivity contribution in [3.63, 3.8) is 0 Å². The SMILES string of the molecule is CCOC(=O)c1nc(CN(C)c2ccc(Br)cc2C)cs1. The van der Waals surface area contributed by atoms with Gasteiger partial charge in [0, 0.05) is 22.6 Å². The van der Waals surface area contributed by atoms with Gasteiger partial charge in [-0.1, -0.05) is 15.9 Å². The van der Waals surface area contributed by atoms with Crippen molar-refractivity contribution >= 4 is 38.9 Å². The Kier molecular flexibility index (Phi) is 5.36. The summed E-state index contributed by atoms with van der Waals surface area (Å²) in [5.41, 5.74) is 3.20. The van der Waals surface area contributed by atoms with E-state index in [1.54, 1.807) is 6.92 Å². The van der Waals surface area contributed by atoms with Crippen molar-refractivity contribution in [2.45, 2.75) is 20.4 Å². The van der Waals surface area contributed by atoms with Gasteiger partial charge in [-0.2, -0.15) is 0 Å². The van der Waals surface area contributed by atoms with Crippen molar-refractivity contribution in [2.24, 2.45) is 0 Å². The number of rotatable bonds is 5. The molecule has 0 amide bonds. The van der Waals surface area contributed by atoms with Gasteiger partial charge in [0.25, 0.3) is 0 Å². The Hall–Kier alpha value is -1.40. The van der Waals surface area contributed by atoms with E-state index in [0.717, 1.165) is 15.9 Å². The molecule has 0 atom stereocenters. The number of thiazole rings is 1. The summed E-state index contributed by atoms with van der Waals surface area (Å²) < 4.78 is 6.02. The van der Waals surface area contributed by atoms with E-state index >= 15 is 0 Å². The zero-order valence-electron chi connectivity index (χ0n) is 12.2. The first-order valence-electron chi connectivity index (χ1n) is 6.60. The second kappa shape index (κ2) is 7.04. The summed E-state index contributed by atoms with van der Waals surface area (Å²) >= 11 is 4.79. The Morgan fingerprint density at radius 2 is 2.24 bits per heavy atom. The van der Waals surface area contributed by atoms with E-state index in [2.05, 4.69) is 44.9 Å². The van der Waals surface area contributed by atoms with Crippen molar-refractivity contribution < 1.29 is 9.53 Å². The second-order valence-electron chi connectivity index (χ2n) is 4.65. The molecule has 0 aliphatic rings. The van der Waals surface area contributed by atoms with Gasteiger partial charge in [0.15, 0.2) is 0 Å². The highest BCUT2D eigenvalue weighted by molar-refractivity contribution is 9.10. The number of ether oxygens (including phenoxy) is 1. The second-order valence-corrected chi connectivity index (χ2v) is 6.43. The number of esters is 1. The number of benzene rings is 1. The molecule has 0 spiro atoms. The number of hydrogen-bond acceptors (Lipinski definition) is 5. The smallest absolute Gasteiger partial charge is 0.367 e. The maximum atomic E-state index is 11.6. The average molecular weight is 369 g/mol. The van der Waals surface area contributed by atoms with Gasteiger partial charge in [0.1, 0.15) is 0 Å². The molecule has 0 saturated heterocycles. The Morgan fingerprint density at radius 1 is 1.48 bits per heavy atom. The largest absolute Gasteiger partial charge is 0.461 e. The number of aromatic nitrogens is 1. The molecule has 0 bridgehead atoms. The summed E-state index contributed by atoms with van der Waals surface area (Å²) in [6.45, 7) is 4.88. The van der Waals surface area contributed by atoms with Crippen LogP contribution in [0.2, 0.25) is 0 Å². The molecule has 4 nitrogen and oxygen atoms in total. The van der Waals surface area contributed by atoms with Crippen molar-refractivity contribution in [2.75, 3.05) is 18.6 Å². The summed E-state index contributed by atoms with van der Waals surface area (Å²) in [6.07, 6.45) is 0. The number of carbonyl (C=O) groups excluding carboxylic acids is 1. The lowest BCUT2D eigenvalue weighted by Crippen LogP contribution is -2.17. The van der Waals surface area contributed by atoms with E-state index in [9.17, 15) is 4.79 Å². The number of anilines is 1. The van der Waals surface area contributed by atoms with E-state index in [4.69, 9.17) is 4.74 Å². The van der Waals surface area contributed by atoms with Gasteiger partial charge in [-0.15, -0.1) is 11.3 Å². The quantitative estimate of drug-likeness (QED) is 0.747. The molecule has 1 heterocycles. The topological polar surface area (TPSA) is 42.4 Å². The van der Waals surface area contributed by atoms with E-state index in [1.165, 1.54) is 16.9 Å². The van der Waals surface area contributed by atoms with E-state index in [-0.39, 0.29) is 5.97 Å². The molecule has 1 aromatic carbocycles. The van der Waals surface area contributed by atoms with Crippen LogP contribution in [0, 0.1) is 6.92 Å². The highest BCUT2D eigenvalue weighted by atomic mass is 79.9. The zero-order valence-corrected chi connectivity index (χ0v) is 14.6. The van der Waals surface area contributed by atoms with Crippen molar-refractivity contribution in [1.82, 2.24) is 4.98 Å². The molecular formula is C15H17BrN2O2S. The van der Waals surface area contributed by atoms with Crippen LogP contribution in [0.3, 0.4) is 0 Å². The molecule has 0 aliphatic carbocycles. The average Bonchev–Trinajstić information content (AvgIpc) is 2.87. The van der Waals surface area contributed by atoms with Crippen LogP contribution >= 0.6 is 27.3 Å². The van der Waals surface area contributed by atoms with Crippen molar-refractivity contribution in [3.8, 4) is 0 Å². The number of nitrogens with zero attached hydrogens (tertiary/aromatic N) is 2. The molecule has 21 heavy (non-hydrogen) atoms. The van der Waals surface area contributed by atoms with Gasteiger partial charge in [-0.3, -0.25) is 0 Å². The first-order chi connectivity index (χ1) is 10.0. The summed E-state index contributed by atoms with van der Waals surface area (Å²) in [7, 11) is 2.01. The minimum Gasteiger partial charge on any atom is -0.461 e. The van der Waals surface area contributed by atoms with Crippen molar-refractivity contribution in [1.29, 1.82) is 0 Å². The molecule has 1 aromatic heterocycles. The minimum absolute atomic E-state index is 0.351. The third-order valence-electron chi connectivity index (χ3n) is 2.97. The number of halogens is 1. The summed E-state index contributed by atoms with van der Waals surface area (Å²) in [5, 5.41) is 2.31. The number of carbonyl (C=O) groups is 1. The van der Waals surface area contributed by atoms with Crippen LogP contribution in [0.5, 0.6) is 0 Å². The fraction of sp³-hybridized carbons (Fsp3) is 0.333. The molecule has 0 unspecified atom stereocenters. The molecule has 0 radical (unpaired) electrons. The summed E-state index contributed by atoms with van der Waals surface area (Å²) in [4.78, 5) is 18.1. The maximum absolute atomic E-state index is 11.6. The van der Waals surface area contributed by atoms with E-state index in [0.29, 0.717) is 18.2 Å². The monoisotopic (exact) mass is 368 g/mol. The lowest BCUT2D eigenvalue weighted by molar-refractivity contribution is 0.0525. The highest BCUT2D eigenvalue weighted by Crippen LogP contribution is 2.24. The van der Waals surface area contributed by atoms with Gasteiger partial charge in [0.2, 0.25) is 5.01 Å². The molecule has 2 aromatic rings. The summed E-state index contributed by atoms with van der Waals surface area (Å²) in [5.74, 6) is -0.351. The van der Waals surface area contributed by atoms with E-state index < -0.39 is 0 Å². The first kappa shape index (κ1) is 16.0. The normalized spacial score (nSPS) is 10.5. The summed E-state index contributed by atoms with van der Waals surface area (Å²) in [6, 6.07) is 6.17. The molecule has 6 heteroatoms. The van der Waals surface area contributed by atoms with Gasteiger partial charge in [0.05, 0.1) is 18.8 Å². The van der Waals surface area contributed by atoms with Gasteiger partial charge in [-0.05, 0) is 37.6 Å². The minimum atomic E-state index is -0.351. The molecule has 0 aliphatic heterocycles. The Bertz CT molecular complexity index is 642. The van der Waals surface area contributed by atoms with Crippen LogP contribution in [0.1, 0.15) is 28.0 Å². The van der Waals surface area contributed by atoms with Crippen LogP contribution < -0.4 is 4.90 Å². The fourth-order valence-electron chi connectivity index (χ4n) is 2.04. The highest BCUT2D eigenvalue weighted by Gasteiger charge is 2.13. The predicted molar refractivity (Wildman–Crippen MR) is 89.1 cm³/mol. The Labute approximate surface area is 136 Å². The van der Waals surface area contributed by atoms with Crippen molar-refractivity contribution in [3.05, 3.63) is 44.3 Å².